The number of aryl methyl sites for hydroxylation is 2. The lowest BCUT2D eigenvalue weighted by atomic mass is 10.2. The Morgan fingerprint density at radius 2 is 2.00 bits per heavy atom. The van der Waals surface area contributed by atoms with Gasteiger partial charge >= 0.3 is 0 Å². The van der Waals surface area contributed by atoms with Gasteiger partial charge in [-0.15, -0.1) is 0 Å². The van der Waals surface area contributed by atoms with Crippen molar-refractivity contribution in [3.8, 4) is 0 Å². The second kappa shape index (κ2) is 5.29. The summed E-state index contributed by atoms with van der Waals surface area (Å²) in [5.41, 5.74) is 4.57. The Morgan fingerprint density at radius 3 is 2.80 bits per heavy atom. The Labute approximate surface area is 126 Å². The first-order chi connectivity index (χ1) is 9.65. The Morgan fingerprint density at radius 1 is 1.20 bits per heavy atom. The zero-order valence-corrected chi connectivity index (χ0v) is 13.1. The van der Waals surface area contributed by atoms with Gasteiger partial charge < -0.3 is 5.32 Å². The van der Waals surface area contributed by atoms with Crippen LogP contribution in [0.1, 0.15) is 11.3 Å². The van der Waals surface area contributed by atoms with E-state index in [9.17, 15) is 0 Å². The summed E-state index contributed by atoms with van der Waals surface area (Å²) in [7, 11) is 1.98. The molecule has 0 saturated carbocycles. The SMILES string of the molecule is Cc1cc(NCc2nn(C)c3ccccc23)ccc1Br. The van der Waals surface area contributed by atoms with E-state index in [1.165, 1.54) is 10.9 Å². The summed E-state index contributed by atoms with van der Waals surface area (Å²) >= 11 is 3.52. The molecule has 0 unspecified atom stereocenters. The van der Waals surface area contributed by atoms with E-state index >= 15 is 0 Å². The summed E-state index contributed by atoms with van der Waals surface area (Å²) in [6, 6.07) is 14.6. The first-order valence-electron chi connectivity index (χ1n) is 6.56. The molecule has 0 radical (unpaired) electrons. The maximum atomic E-state index is 4.59. The summed E-state index contributed by atoms with van der Waals surface area (Å²) < 4.78 is 3.06. The average Bonchev–Trinajstić information content (AvgIpc) is 2.78. The molecule has 3 rings (SSSR count). The van der Waals surface area contributed by atoms with E-state index in [-0.39, 0.29) is 0 Å². The summed E-state index contributed by atoms with van der Waals surface area (Å²) in [6.07, 6.45) is 0. The van der Waals surface area contributed by atoms with Crippen LogP contribution >= 0.6 is 15.9 Å². The van der Waals surface area contributed by atoms with Gasteiger partial charge in [0.05, 0.1) is 17.8 Å². The van der Waals surface area contributed by atoms with E-state index in [0.29, 0.717) is 0 Å². The molecule has 102 valence electrons. The van der Waals surface area contributed by atoms with Gasteiger partial charge in [0, 0.05) is 22.6 Å². The summed E-state index contributed by atoms with van der Waals surface area (Å²) in [4.78, 5) is 0. The molecule has 0 amide bonds. The van der Waals surface area contributed by atoms with Crippen LogP contribution in [-0.4, -0.2) is 9.78 Å². The smallest absolute Gasteiger partial charge is 0.0894 e. The quantitative estimate of drug-likeness (QED) is 0.778. The fourth-order valence-corrected chi connectivity index (χ4v) is 2.61. The van der Waals surface area contributed by atoms with E-state index in [2.05, 4.69) is 69.7 Å². The highest BCUT2D eigenvalue weighted by Gasteiger charge is 2.07. The lowest BCUT2D eigenvalue weighted by Crippen LogP contribution is -2.01. The molecule has 1 aromatic heterocycles. The molecule has 0 spiro atoms. The van der Waals surface area contributed by atoms with Gasteiger partial charge in [-0.3, -0.25) is 4.68 Å². The van der Waals surface area contributed by atoms with Crippen LogP contribution in [0.5, 0.6) is 0 Å². The number of benzene rings is 2. The lowest BCUT2D eigenvalue weighted by molar-refractivity contribution is 0.771. The number of aromatic nitrogens is 2. The van der Waals surface area contributed by atoms with E-state index in [1.807, 2.05) is 17.8 Å². The number of hydrogen-bond acceptors (Lipinski definition) is 2. The minimum Gasteiger partial charge on any atom is -0.379 e. The van der Waals surface area contributed by atoms with Crippen molar-refractivity contribution >= 4 is 32.5 Å². The second-order valence-corrected chi connectivity index (χ2v) is 5.76. The first-order valence-corrected chi connectivity index (χ1v) is 7.35. The van der Waals surface area contributed by atoms with Crippen molar-refractivity contribution in [1.29, 1.82) is 0 Å². The van der Waals surface area contributed by atoms with Crippen LogP contribution < -0.4 is 5.32 Å². The van der Waals surface area contributed by atoms with Gasteiger partial charge in [0.2, 0.25) is 0 Å². The molecule has 0 aliphatic rings. The molecule has 0 fully saturated rings. The van der Waals surface area contributed by atoms with Crippen LogP contribution in [0.2, 0.25) is 0 Å². The number of nitrogens with one attached hydrogen (secondary N) is 1. The molecule has 3 nitrogen and oxygen atoms in total. The maximum Gasteiger partial charge on any atom is 0.0894 e. The third kappa shape index (κ3) is 2.43. The third-order valence-corrected chi connectivity index (χ3v) is 4.34. The summed E-state index contributed by atoms with van der Waals surface area (Å²) in [5, 5.41) is 9.23. The fourth-order valence-electron chi connectivity index (χ4n) is 2.36. The van der Waals surface area contributed by atoms with Crippen LogP contribution in [-0.2, 0) is 13.6 Å². The van der Waals surface area contributed by atoms with Crippen molar-refractivity contribution in [2.45, 2.75) is 13.5 Å². The molecule has 2 aromatic carbocycles. The maximum absolute atomic E-state index is 4.59. The number of para-hydroxylation sites is 1. The molecule has 0 saturated heterocycles. The van der Waals surface area contributed by atoms with Gasteiger partial charge in [-0.25, -0.2) is 0 Å². The Bertz CT molecular complexity index is 762. The van der Waals surface area contributed by atoms with Gasteiger partial charge in [-0.1, -0.05) is 34.1 Å². The standard InChI is InChI=1S/C16H16BrN3/c1-11-9-12(7-8-14(11)17)18-10-15-13-5-3-4-6-16(13)20(2)19-15/h3-9,18H,10H2,1-2H3. The van der Waals surface area contributed by atoms with E-state index < -0.39 is 0 Å². The van der Waals surface area contributed by atoms with Crippen LogP contribution in [0.25, 0.3) is 10.9 Å². The minimum atomic E-state index is 0.725. The van der Waals surface area contributed by atoms with Crippen molar-refractivity contribution in [2.24, 2.45) is 7.05 Å². The largest absolute Gasteiger partial charge is 0.379 e. The first kappa shape index (κ1) is 13.2. The highest BCUT2D eigenvalue weighted by Crippen LogP contribution is 2.22. The Hall–Kier alpha value is -1.81. The Balaban J connectivity index is 1.85. The van der Waals surface area contributed by atoms with Crippen molar-refractivity contribution in [3.63, 3.8) is 0 Å². The predicted molar refractivity (Wildman–Crippen MR) is 86.9 cm³/mol. The topological polar surface area (TPSA) is 29.9 Å². The summed E-state index contributed by atoms with van der Waals surface area (Å²) in [6.45, 7) is 2.81. The molecule has 4 heteroatoms. The van der Waals surface area contributed by atoms with Crippen molar-refractivity contribution in [1.82, 2.24) is 9.78 Å². The monoisotopic (exact) mass is 329 g/mol. The van der Waals surface area contributed by atoms with Gasteiger partial charge in [0.15, 0.2) is 0 Å². The van der Waals surface area contributed by atoms with E-state index in [1.54, 1.807) is 0 Å². The Kier molecular flexibility index (Phi) is 3.49. The summed E-state index contributed by atoms with van der Waals surface area (Å²) in [5.74, 6) is 0. The number of rotatable bonds is 3. The fraction of sp³-hybridized carbons (Fsp3) is 0.188. The van der Waals surface area contributed by atoms with E-state index in [4.69, 9.17) is 0 Å². The molecule has 20 heavy (non-hydrogen) atoms. The predicted octanol–water partition coefficient (Wildman–Crippen LogP) is 4.26. The van der Waals surface area contributed by atoms with Gasteiger partial charge in [0.1, 0.15) is 0 Å². The highest BCUT2D eigenvalue weighted by atomic mass is 79.9. The van der Waals surface area contributed by atoms with Crippen molar-refractivity contribution < 1.29 is 0 Å². The number of hydrogen-bond donors (Lipinski definition) is 1. The van der Waals surface area contributed by atoms with Gasteiger partial charge in [0.25, 0.3) is 0 Å². The molecule has 3 aromatic rings. The number of fused-ring (bicyclic) bond motifs is 1. The van der Waals surface area contributed by atoms with Gasteiger partial charge in [-0.05, 0) is 36.8 Å². The second-order valence-electron chi connectivity index (χ2n) is 4.90. The molecule has 0 aliphatic heterocycles. The molecule has 0 aliphatic carbocycles. The van der Waals surface area contributed by atoms with Crippen LogP contribution in [0.15, 0.2) is 46.9 Å². The van der Waals surface area contributed by atoms with Crippen molar-refractivity contribution in [2.75, 3.05) is 5.32 Å². The number of halogens is 1. The normalized spacial score (nSPS) is 10.9. The van der Waals surface area contributed by atoms with Crippen LogP contribution in [0.3, 0.4) is 0 Å². The minimum absolute atomic E-state index is 0.725. The molecular weight excluding hydrogens is 314 g/mol. The van der Waals surface area contributed by atoms with Crippen molar-refractivity contribution in [3.05, 3.63) is 58.2 Å². The molecular formula is C16H16BrN3. The molecule has 1 N–H and O–H groups in total. The van der Waals surface area contributed by atoms with E-state index in [0.717, 1.165) is 27.9 Å². The number of anilines is 1. The molecule has 1 heterocycles. The highest BCUT2D eigenvalue weighted by molar-refractivity contribution is 9.10. The zero-order chi connectivity index (χ0) is 14.1. The molecule has 0 atom stereocenters. The molecule has 0 bridgehead atoms. The third-order valence-electron chi connectivity index (χ3n) is 3.45. The van der Waals surface area contributed by atoms with Gasteiger partial charge in [-0.2, -0.15) is 5.10 Å². The van der Waals surface area contributed by atoms with Crippen LogP contribution in [0, 0.1) is 6.92 Å². The lowest BCUT2D eigenvalue weighted by Gasteiger charge is -2.07. The van der Waals surface area contributed by atoms with Crippen LogP contribution in [0.4, 0.5) is 5.69 Å². The zero-order valence-electron chi connectivity index (χ0n) is 11.5. The number of nitrogens with zero attached hydrogens (tertiary/aromatic N) is 2. The average molecular weight is 330 g/mol.